The second-order valence-electron chi connectivity index (χ2n) is 9.29. The quantitative estimate of drug-likeness (QED) is 0.298. The summed E-state index contributed by atoms with van der Waals surface area (Å²) in [7, 11) is 0. The van der Waals surface area contributed by atoms with Gasteiger partial charge in [-0.05, 0) is 53.8 Å². The molecule has 1 spiro atoms. The standard InChI is InChI=1S/C31H23N3O/c1-19-32-20(2)34-30(33-19)18-21-15-16-25-23(17-21)22-9-3-4-10-24(22)31(25)26-11-5-7-13-28(26)35-29-14-8-6-12-27(29)31/h3-17H,18H2,1-2H3. The van der Waals surface area contributed by atoms with Crippen LogP contribution in [0.2, 0.25) is 0 Å². The maximum absolute atomic E-state index is 6.40. The SMILES string of the molecule is Cc1nc(C)nc(Cc2ccc3c(c2)-c2ccccc2C32c3ccccc3Oc3ccccc32)n1. The number of hydrogen-bond acceptors (Lipinski definition) is 4. The molecule has 2 aliphatic rings. The van der Waals surface area contributed by atoms with Gasteiger partial charge in [0.1, 0.15) is 29.0 Å². The average molecular weight is 454 g/mol. The van der Waals surface area contributed by atoms with Crippen molar-refractivity contribution in [1.82, 2.24) is 15.0 Å². The van der Waals surface area contributed by atoms with Crippen molar-refractivity contribution >= 4 is 0 Å². The predicted molar refractivity (Wildman–Crippen MR) is 136 cm³/mol. The highest BCUT2D eigenvalue weighted by molar-refractivity contribution is 5.88. The van der Waals surface area contributed by atoms with Crippen LogP contribution in [-0.4, -0.2) is 15.0 Å². The summed E-state index contributed by atoms with van der Waals surface area (Å²) in [4.78, 5) is 13.5. The first-order chi connectivity index (χ1) is 17.1. The zero-order chi connectivity index (χ0) is 23.6. The lowest BCUT2D eigenvalue weighted by Gasteiger charge is -2.39. The highest BCUT2D eigenvalue weighted by atomic mass is 16.5. The Morgan fingerprint density at radius 1 is 0.600 bits per heavy atom. The first-order valence-electron chi connectivity index (χ1n) is 11.9. The fraction of sp³-hybridized carbons (Fsp3) is 0.129. The molecule has 2 heterocycles. The third kappa shape index (κ3) is 2.83. The first kappa shape index (κ1) is 20.1. The molecule has 1 aromatic heterocycles. The van der Waals surface area contributed by atoms with Gasteiger partial charge in [-0.1, -0.05) is 78.9 Å². The number of nitrogens with zero attached hydrogens (tertiary/aromatic N) is 3. The zero-order valence-corrected chi connectivity index (χ0v) is 19.6. The van der Waals surface area contributed by atoms with Crippen LogP contribution in [0.4, 0.5) is 0 Å². The number of ether oxygens (including phenoxy) is 1. The largest absolute Gasteiger partial charge is 0.457 e. The van der Waals surface area contributed by atoms with Crippen LogP contribution in [0.15, 0.2) is 91.0 Å². The van der Waals surface area contributed by atoms with Crippen molar-refractivity contribution in [2.75, 3.05) is 0 Å². The topological polar surface area (TPSA) is 47.9 Å². The molecule has 0 amide bonds. The van der Waals surface area contributed by atoms with Crippen LogP contribution in [0.3, 0.4) is 0 Å². The molecule has 0 N–H and O–H groups in total. The van der Waals surface area contributed by atoms with E-state index in [1.54, 1.807) is 0 Å². The Hall–Kier alpha value is -4.31. The number of aryl methyl sites for hydroxylation is 2. The van der Waals surface area contributed by atoms with E-state index in [2.05, 4.69) is 93.8 Å². The Labute approximate surface area is 204 Å². The highest BCUT2D eigenvalue weighted by Crippen LogP contribution is 2.61. The van der Waals surface area contributed by atoms with Crippen LogP contribution < -0.4 is 4.74 Å². The molecule has 1 aliphatic carbocycles. The molecular formula is C31H23N3O. The van der Waals surface area contributed by atoms with Crippen LogP contribution in [0.25, 0.3) is 11.1 Å². The molecule has 1 aliphatic heterocycles. The van der Waals surface area contributed by atoms with Gasteiger partial charge >= 0.3 is 0 Å². The van der Waals surface area contributed by atoms with Gasteiger partial charge in [-0.2, -0.15) is 0 Å². The van der Waals surface area contributed by atoms with E-state index in [9.17, 15) is 0 Å². The van der Waals surface area contributed by atoms with Crippen LogP contribution in [0.1, 0.15) is 45.3 Å². The van der Waals surface area contributed by atoms with Crippen LogP contribution in [0.5, 0.6) is 11.5 Å². The minimum Gasteiger partial charge on any atom is -0.457 e. The van der Waals surface area contributed by atoms with Crippen molar-refractivity contribution in [3.05, 3.63) is 136 Å². The van der Waals surface area contributed by atoms with E-state index in [1.165, 1.54) is 38.9 Å². The smallest absolute Gasteiger partial charge is 0.136 e. The Morgan fingerprint density at radius 3 is 1.86 bits per heavy atom. The summed E-state index contributed by atoms with van der Waals surface area (Å²) >= 11 is 0. The fourth-order valence-electron chi connectivity index (χ4n) is 5.96. The van der Waals surface area contributed by atoms with Gasteiger partial charge in [-0.3, -0.25) is 0 Å². The fourth-order valence-corrected chi connectivity index (χ4v) is 5.96. The molecule has 4 nitrogen and oxygen atoms in total. The molecule has 0 fully saturated rings. The summed E-state index contributed by atoms with van der Waals surface area (Å²) in [5, 5.41) is 0. The second-order valence-corrected chi connectivity index (χ2v) is 9.29. The monoisotopic (exact) mass is 453 g/mol. The number of hydrogen-bond donors (Lipinski definition) is 0. The van der Waals surface area contributed by atoms with E-state index in [1.807, 2.05) is 26.0 Å². The zero-order valence-electron chi connectivity index (χ0n) is 19.6. The van der Waals surface area contributed by atoms with Crippen LogP contribution in [-0.2, 0) is 11.8 Å². The summed E-state index contributed by atoms with van der Waals surface area (Å²) in [5.41, 5.74) is 8.23. The lowest BCUT2D eigenvalue weighted by molar-refractivity contribution is 0.436. The lowest BCUT2D eigenvalue weighted by atomic mass is 9.66. The van der Waals surface area contributed by atoms with Crippen LogP contribution >= 0.6 is 0 Å². The van der Waals surface area contributed by atoms with Gasteiger partial charge in [0.25, 0.3) is 0 Å². The molecule has 0 atom stereocenters. The molecule has 4 aromatic carbocycles. The van der Waals surface area contributed by atoms with E-state index < -0.39 is 5.41 Å². The lowest BCUT2D eigenvalue weighted by Crippen LogP contribution is -2.32. The summed E-state index contributed by atoms with van der Waals surface area (Å²) in [6, 6.07) is 32.5. The Balaban J connectivity index is 1.49. The van der Waals surface area contributed by atoms with Crippen molar-refractivity contribution in [2.24, 2.45) is 0 Å². The number of fused-ring (bicyclic) bond motifs is 9. The third-order valence-corrected chi connectivity index (χ3v) is 7.18. The number of para-hydroxylation sites is 2. The van der Waals surface area contributed by atoms with Gasteiger partial charge in [-0.15, -0.1) is 0 Å². The number of rotatable bonds is 2. The second kappa shape index (κ2) is 7.34. The molecule has 0 unspecified atom stereocenters. The molecule has 0 saturated carbocycles. The normalized spacial score (nSPS) is 14.0. The molecule has 7 rings (SSSR count). The van der Waals surface area contributed by atoms with Crippen molar-refractivity contribution < 1.29 is 4.74 Å². The molecular weight excluding hydrogens is 430 g/mol. The van der Waals surface area contributed by atoms with Gasteiger partial charge < -0.3 is 4.74 Å². The molecule has 35 heavy (non-hydrogen) atoms. The van der Waals surface area contributed by atoms with Crippen molar-refractivity contribution in [1.29, 1.82) is 0 Å². The van der Waals surface area contributed by atoms with E-state index in [0.717, 1.165) is 29.0 Å². The van der Waals surface area contributed by atoms with E-state index in [-0.39, 0.29) is 0 Å². The Bertz CT molecular complexity index is 1570. The molecule has 4 heteroatoms. The van der Waals surface area contributed by atoms with Gasteiger partial charge in [0, 0.05) is 17.5 Å². The van der Waals surface area contributed by atoms with Gasteiger partial charge in [0.15, 0.2) is 0 Å². The molecule has 0 saturated heterocycles. The third-order valence-electron chi connectivity index (χ3n) is 7.18. The van der Waals surface area contributed by atoms with Crippen LogP contribution in [0, 0.1) is 13.8 Å². The maximum atomic E-state index is 6.40. The summed E-state index contributed by atoms with van der Waals surface area (Å²) in [6.45, 7) is 3.84. The Kier molecular flexibility index (Phi) is 4.22. The van der Waals surface area contributed by atoms with E-state index in [0.29, 0.717) is 6.42 Å². The highest BCUT2D eigenvalue weighted by Gasteiger charge is 2.50. The van der Waals surface area contributed by atoms with Crippen molar-refractivity contribution in [3.63, 3.8) is 0 Å². The van der Waals surface area contributed by atoms with Crippen molar-refractivity contribution in [2.45, 2.75) is 25.7 Å². The number of aromatic nitrogens is 3. The van der Waals surface area contributed by atoms with Gasteiger partial charge in [0.05, 0.1) is 5.41 Å². The minimum absolute atomic E-state index is 0.420. The minimum atomic E-state index is -0.420. The van der Waals surface area contributed by atoms with Crippen molar-refractivity contribution in [3.8, 4) is 22.6 Å². The summed E-state index contributed by atoms with van der Waals surface area (Å²) in [6.07, 6.45) is 0.670. The summed E-state index contributed by atoms with van der Waals surface area (Å²) < 4.78 is 6.40. The van der Waals surface area contributed by atoms with Gasteiger partial charge in [-0.25, -0.2) is 15.0 Å². The van der Waals surface area contributed by atoms with E-state index >= 15 is 0 Å². The molecule has 0 bridgehead atoms. The predicted octanol–water partition coefficient (Wildman–Crippen LogP) is 6.55. The molecule has 5 aromatic rings. The Morgan fingerprint density at radius 2 is 1.17 bits per heavy atom. The van der Waals surface area contributed by atoms with E-state index in [4.69, 9.17) is 4.74 Å². The molecule has 168 valence electrons. The number of benzene rings is 4. The summed E-state index contributed by atoms with van der Waals surface area (Å²) in [5.74, 6) is 4.14. The van der Waals surface area contributed by atoms with Gasteiger partial charge in [0.2, 0.25) is 0 Å². The maximum Gasteiger partial charge on any atom is 0.136 e. The molecule has 0 radical (unpaired) electrons. The first-order valence-corrected chi connectivity index (χ1v) is 11.9. The average Bonchev–Trinajstić information content (AvgIpc) is 3.14.